The van der Waals surface area contributed by atoms with Gasteiger partial charge in [0.25, 0.3) is 0 Å². The van der Waals surface area contributed by atoms with Crippen molar-refractivity contribution in [2.75, 3.05) is 14.1 Å². The molecule has 0 fully saturated rings. The maximum atomic E-state index is 12.1. The van der Waals surface area contributed by atoms with Gasteiger partial charge in [0.2, 0.25) is 20.0 Å². The molecule has 0 aliphatic heterocycles. The van der Waals surface area contributed by atoms with Gasteiger partial charge < -0.3 is 5.11 Å². The minimum absolute atomic E-state index is 0.109. The Hall–Kier alpha value is -1.75. The van der Waals surface area contributed by atoms with Crippen LogP contribution in [-0.4, -0.2) is 41.0 Å². The highest BCUT2D eigenvalue weighted by atomic mass is 32.2. The lowest BCUT2D eigenvalue weighted by Gasteiger charge is -2.12. The molecule has 2 aromatic rings. The lowest BCUT2D eigenvalue weighted by atomic mass is 10.2. The molecule has 1 aromatic carbocycles. The molecule has 0 amide bonds. The van der Waals surface area contributed by atoms with E-state index in [-0.39, 0.29) is 15.8 Å². The Morgan fingerprint density at radius 3 is 2.19 bits per heavy atom. The molecule has 1 aromatic heterocycles. The van der Waals surface area contributed by atoms with Crippen LogP contribution in [0.2, 0.25) is 0 Å². The van der Waals surface area contributed by atoms with E-state index in [2.05, 4.69) is 9.71 Å². The highest BCUT2D eigenvalue weighted by Crippen LogP contribution is 2.34. The summed E-state index contributed by atoms with van der Waals surface area (Å²) < 4.78 is 52.1. The Morgan fingerprint density at radius 2 is 1.62 bits per heavy atom. The van der Waals surface area contributed by atoms with Crippen molar-refractivity contribution in [1.29, 1.82) is 0 Å². The average Bonchev–Trinajstić information content (AvgIpc) is 2.47. The molecular weight excluding hydrogens is 318 g/mol. The van der Waals surface area contributed by atoms with Crippen LogP contribution in [0.25, 0.3) is 10.9 Å². The molecule has 0 bridgehead atoms. The van der Waals surface area contributed by atoms with Crippen LogP contribution in [0, 0.1) is 0 Å². The van der Waals surface area contributed by atoms with Crippen molar-refractivity contribution in [1.82, 2.24) is 14.4 Å². The summed E-state index contributed by atoms with van der Waals surface area (Å²) in [5.41, 5.74) is -0.109. The monoisotopic (exact) mass is 331 g/mol. The first-order valence-corrected chi connectivity index (χ1v) is 8.69. The summed E-state index contributed by atoms with van der Waals surface area (Å²) >= 11 is 0. The Balaban J connectivity index is 3.03. The molecule has 1 heterocycles. The number of nitrogens with one attached hydrogen (secondary N) is 2. The predicted molar refractivity (Wildman–Crippen MR) is 75.9 cm³/mol. The van der Waals surface area contributed by atoms with Gasteiger partial charge in [-0.25, -0.2) is 26.3 Å². The fraction of sp³-hybridized carbons (Fsp3) is 0.182. The third kappa shape index (κ3) is 2.58. The largest absolute Gasteiger partial charge is 0.504 e. The van der Waals surface area contributed by atoms with Gasteiger partial charge in [-0.05, 0) is 32.3 Å². The normalized spacial score (nSPS) is 12.7. The second-order valence-corrected chi connectivity index (χ2v) is 7.75. The molecule has 8 nitrogen and oxygen atoms in total. The molecule has 10 heteroatoms. The molecular formula is C11H13N3O5S2. The molecule has 0 aliphatic carbocycles. The Labute approximate surface area is 121 Å². The topological polar surface area (TPSA) is 125 Å². The summed E-state index contributed by atoms with van der Waals surface area (Å²) in [5.74, 6) is -0.602. The zero-order chi connectivity index (χ0) is 15.8. The number of sulfonamides is 2. The molecule has 0 unspecified atom stereocenters. The quantitative estimate of drug-likeness (QED) is 0.710. The summed E-state index contributed by atoms with van der Waals surface area (Å²) in [4.78, 5) is 3.03. The fourth-order valence-corrected chi connectivity index (χ4v) is 3.69. The van der Waals surface area contributed by atoms with Gasteiger partial charge in [0, 0.05) is 11.6 Å². The molecule has 0 aliphatic rings. The van der Waals surface area contributed by atoms with E-state index in [1.54, 1.807) is 0 Å². The van der Waals surface area contributed by atoms with Crippen LogP contribution in [0.15, 0.2) is 34.2 Å². The number of hydrogen-bond donors (Lipinski definition) is 3. The van der Waals surface area contributed by atoms with Gasteiger partial charge in [-0.15, -0.1) is 0 Å². The molecule has 0 atom stereocenters. The van der Waals surface area contributed by atoms with Crippen molar-refractivity contribution in [2.24, 2.45) is 0 Å². The van der Waals surface area contributed by atoms with Crippen LogP contribution in [0.5, 0.6) is 5.75 Å². The maximum Gasteiger partial charge on any atom is 0.244 e. The molecule has 0 saturated carbocycles. The number of fused-ring (bicyclic) bond motifs is 1. The first-order valence-electron chi connectivity index (χ1n) is 5.72. The third-order valence-corrected chi connectivity index (χ3v) is 5.79. The third-order valence-electron chi connectivity index (χ3n) is 2.91. The first-order chi connectivity index (χ1) is 9.74. The van der Waals surface area contributed by atoms with Crippen LogP contribution < -0.4 is 9.44 Å². The van der Waals surface area contributed by atoms with Gasteiger partial charge in [0.05, 0.1) is 4.90 Å². The molecule has 0 radical (unpaired) electrons. The first kappa shape index (κ1) is 15.6. The number of benzene rings is 1. The zero-order valence-corrected chi connectivity index (χ0v) is 12.8. The van der Waals surface area contributed by atoms with Crippen LogP contribution in [-0.2, 0) is 20.0 Å². The average molecular weight is 331 g/mol. The SMILES string of the molecule is CNS(=O)(=O)c1cc(S(=O)(=O)NC)c2cccnc2c1O. The summed E-state index contributed by atoms with van der Waals surface area (Å²) in [5, 5.41) is 10.2. The maximum absolute atomic E-state index is 12.1. The molecule has 3 N–H and O–H groups in total. The van der Waals surface area contributed by atoms with Gasteiger partial charge in [0.1, 0.15) is 10.4 Å². The summed E-state index contributed by atoms with van der Waals surface area (Å²) in [6.45, 7) is 0. The number of pyridine rings is 1. The number of aromatic hydroxyl groups is 1. The lowest BCUT2D eigenvalue weighted by Crippen LogP contribution is -2.22. The molecule has 0 spiro atoms. The lowest BCUT2D eigenvalue weighted by molar-refractivity contribution is 0.463. The smallest absolute Gasteiger partial charge is 0.244 e. The highest BCUT2D eigenvalue weighted by molar-refractivity contribution is 7.90. The van der Waals surface area contributed by atoms with E-state index in [0.717, 1.165) is 13.1 Å². The number of phenolic OH excluding ortho intramolecular Hbond substituents is 1. The fourth-order valence-electron chi connectivity index (χ4n) is 1.82. The van der Waals surface area contributed by atoms with Gasteiger partial charge in [-0.2, -0.15) is 0 Å². The second-order valence-electron chi connectivity index (χ2n) is 4.04. The number of nitrogens with zero attached hydrogens (tertiary/aromatic N) is 1. The van der Waals surface area contributed by atoms with Crippen molar-refractivity contribution >= 4 is 30.9 Å². The van der Waals surface area contributed by atoms with Gasteiger partial charge in [-0.3, -0.25) is 4.98 Å². The van der Waals surface area contributed by atoms with Crippen molar-refractivity contribution < 1.29 is 21.9 Å². The van der Waals surface area contributed by atoms with Crippen molar-refractivity contribution in [3.05, 3.63) is 24.4 Å². The Kier molecular flexibility index (Phi) is 3.89. The Morgan fingerprint density at radius 1 is 1.05 bits per heavy atom. The van der Waals surface area contributed by atoms with E-state index in [9.17, 15) is 21.9 Å². The summed E-state index contributed by atoms with van der Waals surface area (Å²) in [6, 6.07) is 3.82. The minimum Gasteiger partial charge on any atom is -0.504 e. The van der Waals surface area contributed by atoms with E-state index in [0.29, 0.717) is 0 Å². The van der Waals surface area contributed by atoms with E-state index in [4.69, 9.17) is 0 Å². The highest BCUT2D eigenvalue weighted by Gasteiger charge is 2.26. The molecule has 21 heavy (non-hydrogen) atoms. The summed E-state index contributed by atoms with van der Waals surface area (Å²) in [7, 11) is -5.61. The number of phenols is 1. The van der Waals surface area contributed by atoms with Gasteiger partial charge >= 0.3 is 0 Å². The van der Waals surface area contributed by atoms with Crippen molar-refractivity contribution in [2.45, 2.75) is 9.79 Å². The van der Waals surface area contributed by atoms with Gasteiger partial charge in [-0.1, -0.05) is 0 Å². The minimum atomic E-state index is -4.04. The van der Waals surface area contributed by atoms with E-state index in [1.807, 2.05) is 4.72 Å². The standard InChI is InChI=1S/C11H13N3O5S2/c1-12-20(16,17)8-6-9(21(18,19)13-2)11(15)10-7(8)4-3-5-14-10/h3-6,12-13,15H,1-2H3. The Bertz CT molecular complexity index is 907. The second kappa shape index (κ2) is 5.22. The summed E-state index contributed by atoms with van der Waals surface area (Å²) in [6.07, 6.45) is 1.33. The number of aromatic nitrogens is 1. The number of hydrogen-bond acceptors (Lipinski definition) is 6. The molecule has 0 saturated heterocycles. The van der Waals surface area contributed by atoms with Crippen LogP contribution >= 0.6 is 0 Å². The number of rotatable bonds is 4. The van der Waals surface area contributed by atoms with Crippen LogP contribution in [0.3, 0.4) is 0 Å². The van der Waals surface area contributed by atoms with Crippen LogP contribution in [0.4, 0.5) is 0 Å². The molecule has 2 rings (SSSR count). The van der Waals surface area contributed by atoms with Crippen molar-refractivity contribution in [3.63, 3.8) is 0 Å². The van der Waals surface area contributed by atoms with E-state index < -0.39 is 30.7 Å². The van der Waals surface area contributed by atoms with E-state index in [1.165, 1.54) is 25.4 Å². The van der Waals surface area contributed by atoms with E-state index >= 15 is 0 Å². The van der Waals surface area contributed by atoms with Crippen molar-refractivity contribution in [3.8, 4) is 5.75 Å². The van der Waals surface area contributed by atoms with Gasteiger partial charge in [0.15, 0.2) is 5.75 Å². The zero-order valence-electron chi connectivity index (χ0n) is 11.2. The van der Waals surface area contributed by atoms with Crippen LogP contribution in [0.1, 0.15) is 0 Å². The predicted octanol–water partition coefficient (Wildman–Crippen LogP) is -0.243. The molecule has 114 valence electrons.